The van der Waals surface area contributed by atoms with Crippen LogP contribution in [-0.4, -0.2) is 36.5 Å². The number of ether oxygens (including phenoxy) is 1. The second kappa shape index (κ2) is 8.17. The average Bonchev–Trinajstić information content (AvgIpc) is 2.59. The molecule has 0 radical (unpaired) electrons. The van der Waals surface area contributed by atoms with Crippen molar-refractivity contribution in [3.63, 3.8) is 0 Å². The monoisotopic (exact) mass is 338 g/mol. The third-order valence-corrected chi connectivity index (χ3v) is 4.58. The van der Waals surface area contributed by atoms with Crippen LogP contribution in [0.1, 0.15) is 30.5 Å². The lowest BCUT2D eigenvalue weighted by atomic mass is 10.1. The second-order valence-corrected chi connectivity index (χ2v) is 6.76. The number of nitrogens with one attached hydrogen (secondary N) is 1. The summed E-state index contributed by atoms with van der Waals surface area (Å²) in [4.78, 5) is 14.4. The van der Waals surface area contributed by atoms with Crippen molar-refractivity contribution in [2.45, 2.75) is 32.4 Å². The molecule has 132 valence electrons. The zero-order valence-electron chi connectivity index (χ0n) is 14.9. The van der Waals surface area contributed by atoms with Gasteiger partial charge in [0.1, 0.15) is 11.9 Å². The van der Waals surface area contributed by atoms with E-state index in [0.717, 1.165) is 30.9 Å². The molecule has 0 saturated carbocycles. The molecule has 2 aromatic rings. The SMILES string of the molecule is Cc1ccc(OC2CN(CCC(=O)N[C@@H](C)c3ccccc3)C2)cc1. The number of benzene rings is 2. The van der Waals surface area contributed by atoms with Crippen molar-refractivity contribution in [1.82, 2.24) is 10.2 Å². The van der Waals surface area contributed by atoms with Gasteiger partial charge in [-0.2, -0.15) is 0 Å². The van der Waals surface area contributed by atoms with Gasteiger partial charge in [0.25, 0.3) is 0 Å². The van der Waals surface area contributed by atoms with Gasteiger partial charge in [0.2, 0.25) is 5.91 Å². The summed E-state index contributed by atoms with van der Waals surface area (Å²) < 4.78 is 5.92. The Balaban J connectivity index is 1.33. The number of aryl methyl sites for hydroxylation is 1. The van der Waals surface area contributed by atoms with E-state index in [9.17, 15) is 4.79 Å². The smallest absolute Gasteiger partial charge is 0.221 e. The predicted octanol–water partition coefficient (Wildman–Crippen LogP) is 3.33. The Kier molecular flexibility index (Phi) is 5.71. The highest BCUT2D eigenvalue weighted by atomic mass is 16.5. The Bertz CT molecular complexity index is 679. The van der Waals surface area contributed by atoms with Crippen LogP contribution in [0.4, 0.5) is 0 Å². The Labute approximate surface area is 149 Å². The molecule has 1 heterocycles. The topological polar surface area (TPSA) is 41.6 Å². The second-order valence-electron chi connectivity index (χ2n) is 6.76. The van der Waals surface area contributed by atoms with Gasteiger partial charge in [-0.3, -0.25) is 9.69 Å². The van der Waals surface area contributed by atoms with E-state index in [-0.39, 0.29) is 18.1 Å². The number of rotatable bonds is 7. The Morgan fingerprint density at radius 3 is 2.52 bits per heavy atom. The molecular weight excluding hydrogens is 312 g/mol. The van der Waals surface area contributed by atoms with Crippen LogP contribution in [-0.2, 0) is 4.79 Å². The molecule has 0 bridgehead atoms. The molecule has 1 fully saturated rings. The average molecular weight is 338 g/mol. The number of carbonyl (C=O) groups excluding carboxylic acids is 1. The van der Waals surface area contributed by atoms with E-state index in [1.807, 2.05) is 49.4 Å². The quantitative estimate of drug-likeness (QED) is 0.842. The van der Waals surface area contributed by atoms with Gasteiger partial charge in [0, 0.05) is 26.1 Å². The Morgan fingerprint density at radius 2 is 1.84 bits per heavy atom. The number of amides is 1. The molecule has 0 unspecified atom stereocenters. The number of likely N-dealkylation sites (tertiary alicyclic amines) is 1. The Morgan fingerprint density at radius 1 is 1.16 bits per heavy atom. The maximum Gasteiger partial charge on any atom is 0.221 e. The molecule has 4 nitrogen and oxygen atoms in total. The molecule has 1 saturated heterocycles. The molecule has 4 heteroatoms. The summed E-state index contributed by atoms with van der Waals surface area (Å²) in [5, 5.41) is 3.06. The van der Waals surface area contributed by atoms with Crippen LogP contribution in [0.15, 0.2) is 54.6 Å². The van der Waals surface area contributed by atoms with Crippen LogP contribution in [0.5, 0.6) is 5.75 Å². The summed E-state index contributed by atoms with van der Waals surface area (Å²) in [6.07, 6.45) is 0.753. The van der Waals surface area contributed by atoms with Crippen molar-refractivity contribution >= 4 is 5.91 Å². The summed E-state index contributed by atoms with van der Waals surface area (Å²) in [5.41, 5.74) is 2.37. The van der Waals surface area contributed by atoms with Crippen molar-refractivity contribution in [3.8, 4) is 5.75 Å². The van der Waals surface area contributed by atoms with E-state index in [4.69, 9.17) is 4.74 Å². The highest BCUT2D eigenvalue weighted by molar-refractivity contribution is 5.76. The van der Waals surface area contributed by atoms with Crippen LogP contribution in [0.2, 0.25) is 0 Å². The molecular formula is C21H26N2O2. The summed E-state index contributed by atoms with van der Waals surface area (Å²) in [5.74, 6) is 1.02. The van der Waals surface area contributed by atoms with Crippen LogP contribution >= 0.6 is 0 Å². The van der Waals surface area contributed by atoms with Crippen molar-refractivity contribution in [2.75, 3.05) is 19.6 Å². The van der Waals surface area contributed by atoms with E-state index in [0.29, 0.717) is 6.42 Å². The normalized spacial score (nSPS) is 16.1. The van der Waals surface area contributed by atoms with Gasteiger partial charge in [0.15, 0.2) is 0 Å². The van der Waals surface area contributed by atoms with E-state index < -0.39 is 0 Å². The van der Waals surface area contributed by atoms with Gasteiger partial charge >= 0.3 is 0 Å². The van der Waals surface area contributed by atoms with Gasteiger partial charge < -0.3 is 10.1 Å². The summed E-state index contributed by atoms with van der Waals surface area (Å²) >= 11 is 0. The summed E-state index contributed by atoms with van der Waals surface area (Å²) in [7, 11) is 0. The maximum atomic E-state index is 12.1. The molecule has 1 aliphatic heterocycles. The van der Waals surface area contributed by atoms with Gasteiger partial charge in [-0.05, 0) is 31.5 Å². The van der Waals surface area contributed by atoms with Crippen molar-refractivity contribution in [1.29, 1.82) is 0 Å². The third-order valence-electron chi connectivity index (χ3n) is 4.58. The zero-order chi connectivity index (χ0) is 17.6. The van der Waals surface area contributed by atoms with Crippen LogP contribution in [0, 0.1) is 6.92 Å². The van der Waals surface area contributed by atoms with Gasteiger partial charge in [0.05, 0.1) is 6.04 Å². The molecule has 2 aromatic carbocycles. The minimum atomic E-state index is 0.0442. The molecule has 1 N–H and O–H groups in total. The number of hydrogen-bond donors (Lipinski definition) is 1. The van der Waals surface area contributed by atoms with E-state index >= 15 is 0 Å². The largest absolute Gasteiger partial charge is 0.488 e. The fourth-order valence-corrected chi connectivity index (χ4v) is 2.99. The van der Waals surface area contributed by atoms with Crippen LogP contribution in [0.3, 0.4) is 0 Å². The Hall–Kier alpha value is -2.33. The highest BCUT2D eigenvalue weighted by Gasteiger charge is 2.28. The lowest BCUT2D eigenvalue weighted by Crippen LogP contribution is -2.54. The first-order chi connectivity index (χ1) is 12.1. The van der Waals surface area contributed by atoms with Crippen LogP contribution < -0.4 is 10.1 Å². The summed E-state index contributed by atoms with van der Waals surface area (Å²) in [6.45, 7) is 6.63. The minimum absolute atomic E-state index is 0.0442. The molecule has 0 aromatic heterocycles. The first-order valence-corrected chi connectivity index (χ1v) is 8.90. The standard InChI is InChI=1S/C21H26N2O2/c1-16-8-10-19(11-9-16)25-20-14-23(15-20)13-12-21(24)22-17(2)18-6-4-3-5-7-18/h3-11,17,20H,12-15H2,1-2H3,(H,22,24)/t17-/m0/s1. The van der Waals surface area contributed by atoms with Crippen LogP contribution in [0.25, 0.3) is 0 Å². The first kappa shape index (κ1) is 17.5. The summed E-state index contributed by atoms with van der Waals surface area (Å²) in [6, 6.07) is 18.2. The molecule has 25 heavy (non-hydrogen) atoms. The molecule has 0 spiro atoms. The number of hydrogen-bond acceptors (Lipinski definition) is 3. The van der Waals surface area contributed by atoms with Gasteiger partial charge in [-0.25, -0.2) is 0 Å². The molecule has 0 aliphatic carbocycles. The van der Waals surface area contributed by atoms with Crippen molar-refractivity contribution in [3.05, 3.63) is 65.7 Å². The maximum absolute atomic E-state index is 12.1. The fraction of sp³-hybridized carbons (Fsp3) is 0.381. The fourth-order valence-electron chi connectivity index (χ4n) is 2.99. The van der Waals surface area contributed by atoms with E-state index in [2.05, 4.69) is 29.3 Å². The lowest BCUT2D eigenvalue weighted by molar-refractivity contribution is -0.122. The minimum Gasteiger partial charge on any atom is -0.488 e. The van der Waals surface area contributed by atoms with Crippen molar-refractivity contribution < 1.29 is 9.53 Å². The predicted molar refractivity (Wildman–Crippen MR) is 99.7 cm³/mol. The third kappa shape index (κ3) is 5.07. The number of nitrogens with zero attached hydrogens (tertiary/aromatic N) is 1. The number of carbonyl (C=O) groups is 1. The molecule has 1 aliphatic rings. The van der Waals surface area contributed by atoms with Crippen molar-refractivity contribution in [2.24, 2.45) is 0 Å². The highest BCUT2D eigenvalue weighted by Crippen LogP contribution is 2.19. The molecule has 1 atom stereocenters. The lowest BCUT2D eigenvalue weighted by Gasteiger charge is -2.38. The van der Waals surface area contributed by atoms with E-state index in [1.54, 1.807) is 0 Å². The first-order valence-electron chi connectivity index (χ1n) is 8.90. The molecule has 3 rings (SSSR count). The zero-order valence-corrected chi connectivity index (χ0v) is 14.9. The molecule has 1 amide bonds. The van der Waals surface area contributed by atoms with Gasteiger partial charge in [-0.1, -0.05) is 48.0 Å². The van der Waals surface area contributed by atoms with E-state index in [1.165, 1.54) is 5.56 Å². The van der Waals surface area contributed by atoms with Gasteiger partial charge in [-0.15, -0.1) is 0 Å².